The summed E-state index contributed by atoms with van der Waals surface area (Å²) in [5.74, 6) is 0. The van der Waals surface area contributed by atoms with Gasteiger partial charge < -0.3 is 13.8 Å². The molecule has 0 rings (SSSR count). The van der Waals surface area contributed by atoms with Gasteiger partial charge in [0.2, 0.25) is 0 Å². The van der Waals surface area contributed by atoms with Crippen LogP contribution < -0.4 is 0 Å². The lowest BCUT2D eigenvalue weighted by atomic mass is 10.4. The summed E-state index contributed by atoms with van der Waals surface area (Å²) in [4.78, 5) is 10.6. The van der Waals surface area contributed by atoms with Gasteiger partial charge in [0.1, 0.15) is 11.9 Å². The first-order chi connectivity index (χ1) is 6.14. The van der Waals surface area contributed by atoms with Gasteiger partial charge in [0, 0.05) is 0 Å². The summed E-state index contributed by atoms with van der Waals surface area (Å²) < 4.78 is 21.9. The van der Waals surface area contributed by atoms with Crippen molar-refractivity contribution in [3.8, 4) is 0 Å². The standard InChI is InChI=1S/C8H17O4P/c1-4-8(7-9)13(10,11-5-2)12-6-3/h7-8H,4-6H2,1-3H3/t8-/m0/s1. The van der Waals surface area contributed by atoms with Gasteiger partial charge in [0.15, 0.2) is 0 Å². The Kier molecular flexibility index (Phi) is 6.21. The first-order valence-corrected chi connectivity index (χ1v) is 6.09. The van der Waals surface area contributed by atoms with Crippen molar-refractivity contribution >= 4 is 13.9 Å². The highest BCUT2D eigenvalue weighted by Gasteiger charge is 2.33. The Morgan fingerprint density at radius 1 is 1.23 bits per heavy atom. The Hall–Kier alpha value is -0.180. The van der Waals surface area contributed by atoms with Gasteiger partial charge in [0.05, 0.1) is 13.2 Å². The molecule has 0 aliphatic heterocycles. The van der Waals surface area contributed by atoms with Crippen molar-refractivity contribution in [1.82, 2.24) is 0 Å². The molecule has 1 atom stereocenters. The Balaban J connectivity index is 4.53. The quantitative estimate of drug-likeness (QED) is 0.475. The summed E-state index contributed by atoms with van der Waals surface area (Å²) in [6.07, 6.45) is 1.12. The molecule has 0 unspecified atom stereocenters. The van der Waals surface area contributed by atoms with Crippen LogP contribution in [0.5, 0.6) is 0 Å². The van der Waals surface area contributed by atoms with Crippen molar-refractivity contribution in [2.24, 2.45) is 0 Å². The predicted octanol–water partition coefficient (Wildman–Crippen LogP) is 2.23. The maximum atomic E-state index is 11.9. The predicted molar refractivity (Wildman–Crippen MR) is 51.0 cm³/mol. The Morgan fingerprint density at radius 3 is 1.92 bits per heavy atom. The molecule has 13 heavy (non-hydrogen) atoms. The molecule has 0 aliphatic carbocycles. The highest BCUT2D eigenvalue weighted by Crippen LogP contribution is 2.53. The summed E-state index contributed by atoms with van der Waals surface area (Å²) in [5.41, 5.74) is -0.632. The van der Waals surface area contributed by atoms with Crippen molar-refractivity contribution in [2.45, 2.75) is 32.9 Å². The first kappa shape index (κ1) is 12.8. The van der Waals surface area contributed by atoms with Gasteiger partial charge in [-0.05, 0) is 20.3 Å². The molecule has 0 aliphatic rings. The maximum Gasteiger partial charge on any atom is 0.340 e. The third-order valence-electron chi connectivity index (χ3n) is 1.60. The van der Waals surface area contributed by atoms with Crippen LogP contribution in [0.1, 0.15) is 27.2 Å². The maximum absolute atomic E-state index is 11.9. The summed E-state index contributed by atoms with van der Waals surface area (Å²) in [6, 6.07) is 0. The van der Waals surface area contributed by atoms with Crippen LogP contribution in [0.25, 0.3) is 0 Å². The molecular formula is C8H17O4P. The van der Waals surface area contributed by atoms with Gasteiger partial charge in [-0.3, -0.25) is 4.57 Å². The SMILES string of the molecule is CCOP(=O)(OCC)[C@H](C=O)CC. The van der Waals surface area contributed by atoms with Crippen molar-refractivity contribution in [1.29, 1.82) is 0 Å². The minimum atomic E-state index is -3.20. The highest BCUT2D eigenvalue weighted by molar-refractivity contribution is 7.55. The smallest absolute Gasteiger partial charge is 0.308 e. The van der Waals surface area contributed by atoms with Crippen molar-refractivity contribution in [2.75, 3.05) is 13.2 Å². The summed E-state index contributed by atoms with van der Waals surface area (Å²) >= 11 is 0. The van der Waals surface area contributed by atoms with Gasteiger partial charge >= 0.3 is 7.60 Å². The van der Waals surface area contributed by atoms with E-state index in [1.54, 1.807) is 20.8 Å². The van der Waals surface area contributed by atoms with Crippen LogP contribution in [0.15, 0.2) is 0 Å². The van der Waals surface area contributed by atoms with Gasteiger partial charge in [0.25, 0.3) is 0 Å². The summed E-state index contributed by atoms with van der Waals surface area (Å²) in [7, 11) is -3.20. The number of rotatable bonds is 7. The van der Waals surface area contributed by atoms with E-state index < -0.39 is 13.3 Å². The third-order valence-corrected chi connectivity index (χ3v) is 4.14. The monoisotopic (exact) mass is 208 g/mol. The van der Waals surface area contributed by atoms with E-state index in [2.05, 4.69) is 0 Å². The fraction of sp³-hybridized carbons (Fsp3) is 0.875. The van der Waals surface area contributed by atoms with Crippen LogP contribution in [-0.4, -0.2) is 25.2 Å². The molecule has 0 N–H and O–H groups in total. The Morgan fingerprint density at radius 2 is 1.69 bits per heavy atom. The number of carbonyl (C=O) groups is 1. The normalized spacial score (nSPS) is 14.1. The lowest BCUT2D eigenvalue weighted by Crippen LogP contribution is -2.13. The lowest BCUT2D eigenvalue weighted by Gasteiger charge is -2.20. The van der Waals surface area contributed by atoms with Crippen molar-refractivity contribution in [3.05, 3.63) is 0 Å². The van der Waals surface area contributed by atoms with E-state index >= 15 is 0 Å². The van der Waals surface area contributed by atoms with E-state index in [1.807, 2.05) is 0 Å². The van der Waals surface area contributed by atoms with E-state index in [9.17, 15) is 9.36 Å². The van der Waals surface area contributed by atoms with E-state index in [4.69, 9.17) is 9.05 Å². The second-order valence-corrected chi connectivity index (χ2v) is 4.75. The molecule has 0 bridgehead atoms. The Labute approximate surface area is 79.1 Å². The molecule has 0 radical (unpaired) electrons. The molecule has 5 heteroatoms. The fourth-order valence-corrected chi connectivity index (χ4v) is 2.76. The first-order valence-electron chi connectivity index (χ1n) is 4.48. The zero-order valence-corrected chi connectivity index (χ0v) is 9.25. The molecule has 0 aromatic heterocycles. The van der Waals surface area contributed by atoms with Crippen LogP contribution >= 0.6 is 7.60 Å². The zero-order chi connectivity index (χ0) is 10.3. The van der Waals surface area contributed by atoms with E-state index in [-0.39, 0.29) is 0 Å². The second kappa shape index (κ2) is 6.30. The minimum absolute atomic E-state index is 0.293. The molecule has 0 aromatic rings. The topological polar surface area (TPSA) is 52.6 Å². The van der Waals surface area contributed by atoms with Gasteiger partial charge in [-0.2, -0.15) is 0 Å². The number of carbonyl (C=O) groups excluding carboxylic acids is 1. The van der Waals surface area contributed by atoms with Gasteiger partial charge in [-0.15, -0.1) is 0 Å². The van der Waals surface area contributed by atoms with Crippen LogP contribution in [0.2, 0.25) is 0 Å². The number of hydrogen-bond donors (Lipinski definition) is 0. The van der Waals surface area contributed by atoms with Crippen LogP contribution in [0.3, 0.4) is 0 Å². The molecule has 0 saturated heterocycles. The molecule has 0 spiro atoms. The molecule has 78 valence electrons. The van der Waals surface area contributed by atoms with Crippen LogP contribution in [0.4, 0.5) is 0 Å². The van der Waals surface area contributed by atoms with Crippen molar-refractivity contribution in [3.63, 3.8) is 0 Å². The fourth-order valence-electron chi connectivity index (χ4n) is 0.983. The Bertz CT molecular complexity index is 183. The number of hydrogen-bond acceptors (Lipinski definition) is 4. The third kappa shape index (κ3) is 3.59. The lowest BCUT2D eigenvalue weighted by molar-refractivity contribution is -0.107. The van der Waals surface area contributed by atoms with E-state index in [1.165, 1.54) is 0 Å². The molecular weight excluding hydrogens is 191 g/mol. The minimum Gasteiger partial charge on any atom is -0.308 e. The average molecular weight is 208 g/mol. The van der Waals surface area contributed by atoms with E-state index in [0.29, 0.717) is 25.9 Å². The number of aldehydes is 1. The average Bonchev–Trinajstić information content (AvgIpc) is 2.07. The van der Waals surface area contributed by atoms with Gasteiger partial charge in [-0.25, -0.2) is 0 Å². The highest BCUT2D eigenvalue weighted by atomic mass is 31.2. The van der Waals surface area contributed by atoms with Crippen LogP contribution in [0, 0.1) is 0 Å². The molecule has 4 nitrogen and oxygen atoms in total. The largest absolute Gasteiger partial charge is 0.340 e. The molecule has 0 amide bonds. The second-order valence-electron chi connectivity index (χ2n) is 2.49. The molecule has 0 heterocycles. The summed E-state index contributed by atoms with van der Waals surface area (Å²) in [5, 5.41) is 0. The molecule has 0 fully saturated rings. The molecule has 0 saturated carbocycles. The summed E-state index contributed by atoms with van der Waals surface area (Å²) in [6.45, 7) is 5.82. The van der Waals surface area contributed by atoms with E-state index in [0.717, 1.165) is 0 Å². The molecule has 0 aromatic carbocycles. The van der Waals surface area contributed by atoms with Gasteiger partial charge in [-0.1, -0.05) is 6.92 Å². The van der Waals surface area contributed by atoms with Crippen molar-refractivity contribution < 1.29 is 18.4 Å². The zero-order valence-electron chi connectivity index (χ0n) is 8.36. The van der Waals surface area contributed by atoms with Crippen LogP contribution in [-0.2, 0) is 18.4 Å².